The zero-order valence-electron chi connectivity index (χ0n) is 15.5. The summed E-state index contributed by atoms with van der Waals surface area (Å²) in [5, 5.41) is 7.14. The Morgan fingerprint density at radius 1 is 0.966 bits per heavy atom. The Morgan fingerprint density at radius 2 is 1.72 bits per heavy atom. The normalized spacial score (nSPS) is 10.7. The summed E-state index contributed by atoms with van der Waals surface area (Å²) < 4.78 is 14.7. The van der Waals surface area contributed by atoms with Gasteiger partial charge in [0.15, 0.2) is 5.82 Å². The van der Waals surface area contributed by atoms with Gasteiger partial charge >= 0.3 is 0 Å². The van der Waals surface area contributed by atoms with Crippen molar-refractivity contribution in [1.29, 1.82) is 0 Å². The molecular formula is C22H18FN5O. The first kappa shape index (κ1) is 18.5. The van der Waals surface area contributed by atoms with E-state index in [4.69, 9.17) is 0 Å². The van der Waals surface area contributed by atoms with Gasteiger partial charge in [0.2, 0.25) is 5.91 Å². The first-order valence-electron chi connectivity index (χ1n) is 9.09. The molecule has 0 fully saturated rings. The number of aromatic nitrogens is 4. The van der Waals surface area contributed by atoms with E-state index in [1.807, 2.05) is 24.3 Å². The van der Waals surface area contributed by atoms with Crippen LogP contribution in [0.15, 0.2) is 79.4 Å². The Hall–Kier alpha value is -3.87. The summed E-state index contributed by atoms with van der Waals surface area (Å²) in [6.07, 6.45) is 6.99. The van der Waals surface area contributed by atoms with E-state index in [1.54, 1.807) is 47.7 Å². The SMILES string of the molecule is O=C(Cc1ccc(-c2cnccn2)cc1)Nc1ccn(Cc2ccc(F)cc2)n1. The molecule has 7 heteroatoms. The third-order valence-corrected chi connectivity index (χ3v) is 4.34. The van der Waals surface area contributed by atoms with E-state index in [1.165, 1.54) is 12.1 Å². The number of hydrogen-bond acceptors (Lipinski definition) is 4. The maximum absolute atomic E-state index is 13.0. The third-order valence-electron chi connectivity index (χ3n) is 4.34. The van der Waals surface area contributed by atoms with Crippen molar-refractivity contribution in [1.82, 2.24) is 19.7 Å². The number of anilines is 1. The van der Waals surface area contributed by atoms with Crippen LogP contribution in [0.3, 0.4) is 0 Å². The van der Waals surface area contributed by atoms with Crippen LogP contribution in [0.2, 0.25) is 0 Å². The van der Waals surface area contributed by atoms with Gasteiger partial charge in [0.25, 0.3) is 0 Å². The molecule has 2 aromatic heterocycles. The lowest BCUT2D eigenvalue weighted by atomic mass is 10.1. The van der Waals surface area contributed by atoms with Crippen LogP contribution < -0.4 is 5.32 Å². The second-order valence-electron chi connectivity index (χ2n) is 6.54. The van der Waals surface area contributed by atoms with Crippen molar-refractivity contribution in [3.05, 3.63) is 96.3 Å². The first-order chi connectivity index (χ1) is 14.2. The molecule has 0 saturated carbocycles. The molecule has 0 aliphatic heterocycles. The van der Waals surface area contributed by atoms with Crippen molar-refractivity contribution in [2.24, 2.45) is 0 Å². The molecule has 1 amide bonds. The highest BCUT2D eigenvalue weighted by Crippen LogP contribution is 2.16. The largest absolute Gasteiger partial charge is 0.309 e. The number of rotatable bonds is 6. The molecule has 0 aliphatic rings. The van der Waals surface area contributed by atoms with Crippen molar-refractivity contribution in [3.8, 4) is 11.3 Å². The van der Waals surface area contributed by atoms with Gasteiger partial charge in [0, 0.05) is 30.2 Å². The van der Waals surface area contributed by atoms with Gasteiger partial charge in [-0.3, -0.25) is 19.4 Å². The molecule has 0 radical (unpaired) electrons. The fourth-order valence-electron chi connectivity index (χ4n) is 2.91. The molecule has 2 aromatic carbocycles. The summed E-state index contributed by atoms with van der Waals surface area (Å²) in [6, 6.07) is 15.6. The van der Waals surface area contributed by atoms with Crippen LogP contribution >= 0.6 is 0 Å². The van der Waals surface area contributed by atoms with Gasteiger partial charge < -0.3 is 5.32 Å². The van der Waals surface area contributed by atoms with Gasteiger partial charge in [0.1, 0.15) is 5.82 Å². The van der Waals surface area contributed by atoms with Gasteiger partial charge in [0.05, 0.1) is 24.9 Å². The number of hydrogen-bond donors (Lipinski definition) is 1. The number of nitrogens with zero attached hydrogens (tertiary/aromatic N) is 4. The van der Waals surface area contributed by atoms with E-state index in [0.29, 0.717) is 12.4 Å². The molecule has 4 rings (SSSR count). The summed E-state index contributed by atoms with van der Waals surface area (Å²) >= 11 is 0. The zero-order valence-corrected chi connectivity index (χ0v) is 15.5. The van der Waals surface area contributed by atoms with Crippen LogP contribution in [0, 0.1) is 5.82 Å². The summed E-state index contributed by atoms with van der Waals surface area (Å²) in [4.78, 5) is 20.6. The van der Waals surface area contributed by atoms with Crippen molar-refractivity contribution in [3.63, 3.8) is 0 Å². The molecule has 0 saturated heterocycles. The highest BCUT2D eigenvalue weighted by Gasteiger charge is 2.08. The molecule has 0 bridgehead atoms. The molecule has 4 aromatic rings. The summed E-state index contributed by atoms with van der Waals surface area (Å²) in [5.41, 5.74) is 3.55. The first-order valence-corrected chi connectivity index (χ1v) is 9.09. The van der Waals surface area contributed by atoms with E-state index in [0.717, 1.165) is 22.4 Å². The molecule has 144 valence electrons. The quantitative estimate of drug-likeness (QED) is 0.547. The lowest BCUT2D eigenvalue weighted by molar-refractivity contribution is -0.115. The average molecular weight is 387 g/mol. The topological polar surface area (TPSA) is 72.7 Å². The molecule has 0 spiro atoms. The Labute approximate surface area is 167 Å². The van der Waals surface area contributed by atoms with Gasteiger partial charge in [-0.1, -0.05) is 36.4 Å². The number of nitrogens with one attached hydrogen (secondary N) is 1. The maximum atomic E-state index is 13.0. The number of amides is 1. The predicted octanol–water partition coefficient (Wildman–Crippen LogP) is 3.71. The van der Waals surface area contributed by atoms with E-state index in [2.05, 4.69) is 20.4 Å². The fraction of sp³-hybridized carbons (Fsp3) is 0.0909. The lowest BCUT2D eigenvalue weighted by Gasteiger charge is -2.05. The highest BCUT2D eigenvalue weighted by atomic mass is 19.1. The van der Waals surface area contributed by atoms with Gasteiger partial charge in [-0.25, -0.2) is 4.39 Å². The standard InChI is InChI=1S/C22H18FN5O/c23-19-7-3-17(4-8-19)15-28-12-9-21(27-28)26-22(29)13-16-1-5-18(6-2-16)20-14-24-10-11-25-20/h1-12,14H,13,15H2,(H,26,27,29). The van der Waals surface area contributed by atoms with Gasteiger partial charge in [-0.2, -0.15) is 5.10 Å². The molecule has 0 atom stereocenters. The van der Waals surface area contributed by atoms with Crippen molar-refractivity contribution >= 4 is 11.7 Å². The lowest BCUT2D eigenvalue weighted by Crippen LogP contribution is -2.15. The minimum atomic E-state index is -0.271. The van der Waals surface area contributed by atoms with E-state index in [-0.39, 0.29) is 18.1 Å². The van der Waals surface area contributed by atoms with Crippen LogP contribution in [0.5, 0.6) is 0 Å². The summed E-state index contributed by atoms with van der Waals surface area (Å²) in [7, 11) is 0. The van der Waals surface area contributed by atoms with Crippen molar-refractivity contribution in [2.75, 3.05) is 5.32 Å². The van der Waals surface area contributed by atoms with Gasteiger partial charge in [-0.05, 0) is 23.3 Å². The zero-order chi connectivity index (χ0) is 20.1. The molecule has 0 aliphatic carbocycles. The van der Waals surface area contributed by atoms with Crippen molar-refractivity contribution < 1.29 is 9.18 Å². The summed E-state index contributed by atoms with van der Waals surface area (Å²) in [5.74, 6) is 0.0597. The Balaban J connectivity index is 1.34. The van der Waals surface area contributed by atoms with Crippen LogP contribution in [0.1, 0.15) is 11.1 Å². The Bertz CT molecular complexity index is 1090. The Morgan fingerprint density at radius 3 is 2.45 bits per heavy atom. The number of halogens is 1. The second-order valence-corrected chi connectivity index (χ2v) is 6.54. The predicted molar refractivity (Wildman–Crippen MR) is 108 cm³/mol. The molecule has 2 heterocycles. The molecule has 29 heavy (non-hydrogen) atoms. The van der Waals surface area contributed by atoms with E-state index < -0.39 is 0 Å². The van der Waals surface area contributed by atoms with Gasteiger partial charge in [-0.15, -0.1) is 0 Å². The highest BCUT2D eigenvalue weighted by molar-refractivity contribution is 5.91. The minimum absolute atomic E-state index is 0.149. The Kier molecular flexibility index (Phi) is 5.38. The second kappa shape index (κ2) is 8.43. The number of carbonyl (C=O) groups is 1. The molecule has 6 nitrogen and oxygen atoms in total. The monoisotopic (exact) mass is 387 g/mol. The maximum Gasteiger partial charge on any atom is 0.229 e. The molecular weight excluding hydrogens is 369 g/mol. The fourth-order valence-corrected chi connectivity index (χ4v) is 2.91. The molecule has 0 unspecified atom stereocenters. The smallest absolute Gasteiger partial charge is 0.229 e. The van der Waals surface area contributed by atoms with Crippen molar-refractivity contribution in [2.45, 2.75) is 13.0 Å². The third kappa shape index (κ3) is 4.90. The van der Waals surface area contributed by atoms with Crippen LogP contribution in [0.4, 0.5) is 10.2 Å². The van der Waals surface area contributed by atoms with Crippen LogP contribution in [-0.2, 0) is 17.8 Å². The number of carbonyl (C=O) groups excluding carboxylic acids is 1. The van der Waals surface area contributed by atoms with Crippen LogP contribution in [-0.4, -0.2) is 25.7 Å². The number of benzene rings is 2. The minimum Gasteiger partial charge on any atom is -0.309 e. The average Bonchev–Trinajstić information content (AvgIpc) is 3.17. The van der Waals surface area contributed by atoms with E-state index in [9.17, 15) is 9.18 Å². The van der Waals surface area contributed by atoms with E-state index >= 15 is 0 Å². The summed E-state index contributed by atoms with van der Waals surface area (Å²) in [6.45, 7) is 0.500. The molecule has 1 N–H and O–H groups in total. The van der Waals surface area contributed by atoms with Crippen LogP contribution in [0.25, 0.3) is 11.3 Å².